The van der Waals surface area contributed by atoms with Crippen molar-refractivity contribution in [2.45, 2.75) is 66.8 Å². The summed E-state index contributed by atoms with van der Waals surface area (Å²) in [6.07, 6.45) is -29.7. The Kier molecular flexibility index (Phi) is 9.10. The number of carbonyl (C=O) groups is 1. The maximum Gasteiger partial charge on any atom is 0.438 e. The van der Waals surface area contributed by atoms with Crippen molar-refractivity contribution in [3.63, 3.8) is 0 Å². The third kappa shape index (κ3) is 6.06. The van der Waals surface area contributed by atoms with Crippen molar-refractivity contribution in [2.75, 3.05) is 6.61 Å². The van der Waals surface area contributed by atoms with E-state index in [-0.39, 0.29) is 0 Å². The summed E-state index contributed by atoms with van der Waals surface area (Å²) in [6.45, 7) is 0.226. The van der Waals surface area contributed by atoms with Gasteiger partial charge in [0.2, 0.25) is 0 Å². The third-order valence-electron chi connectivity index (χ3n) is 4.09. The van der Waals surface area contributed by atoms with E-state index < -0.39 is 85.0 Å². The van der Waals surface area contributed by atoms with Gasteiger partial charge in [0.1, 0.15) is 0 Å². The Labute approximate surface area is 186 Å². The maximum atomic E-state index is 13.7. The van der Waals surface area contributed by atoms with Gasteiger partial charge >= 0.3 is 53.9 Å². The van der Waals surface area contributed by atoms with Crippen molar-refractivity contribution in [1.82, 2.24) is 0 Å². The number of alkyl halides is 18. The molecule has 214 valence electrons. The lowest BCUT2D eigenvalue weighted by Gasteiger charge is -2.43. The normalized spacial score (nSPS) is 16.1. The molecule has 0 amide bonds. The second-order valence-corrected chi connectivity index (χ2v) is 6.94. The molecule has 1 N–H and O–H groups in total. The highest BCUT2D eigenvalue weighted by molar-refractivity contribution is 5.87. The van der Waals surface area contributed by atoms with Crippen molar-refractivity contribution in [1.29, 1.82) is 0 Å². The molecule has 0 aromatic heterocycles. The lowest BCUT2D eigenvalue weighted by molar-refractivity contribution is -0.457. The molecular formula is C15H10F18O3. The fraction of sp³-hybridized carbons (Fsp3) is 0.800. The molecule has 21 heteroatoms. The fourth-order valence-electron chi connectivity index (χ4n) is 2.27. The van der Waals surface area contributed by atoms with Gasteiger partial charge in [-0.3, -0.25) is 0 Å². The van der Waals surface area contributed by atoms with E-state index in [1.165, 1.54) is 0 Å². The minimum atomic E-state index is -8.64. The van der Waals surface area contributed by atoms with Crippen LogP contribution in [0.2, 0.25) is 0 Å². The minimum absolute atomic E-state index is 1.43. The van der Waals surface area contributed by atoms with Crippen LogP contribution in [-0.2, 0) is 9.53 Å². The zero-order valence-electron chi connectivity index (χ0n) is 16.5. The van der Waals surface area contributed by atoms with E-state index in [9.17, 15) is 88.9 Å². The van der Waals surface area contributed by atoms with Gasteiger partial charge in [-0.05, 0) is 0 Å². The molecule has 0 heterocycles. The lowest BCUT2D eigenvalue weighted by Crippen LogP contribution is -2.75. The average Bonchev–Trinajstić information content (AvgIpc) is 2.61. The van der Waals surface area contributed by atoms with E-state index >= 15 is 0 Å². The highest BCUT2D eigenvalue weighted by Crippen LogP contribution is 2.64. The monoisotopic (exact) mass is 580 g/mol. The van der Waals surface area contributed by atoms with Gasteiger partial charge in [0.15, 0.2) is 6.61 Å². The van der Waals surface area contributed by atoms with Crippen LogP contribution in [0.5, 0.6) is 0 Å². The molecule has 0 saturated carbocycles. The fourth-order valence-corrected chi connectivity index (χ4v) is 2.27. The molecule has 0 radical (unpaired) electrons. The summed E-state index contributed by atoms with van der Waals surface area (Å²) >= 11 is 0. The molecular weight excluding hydrogens is 570 g/mol. The van der Waals surface area contributed by atoms with Gasteiger partial charge in [0, 0.05) is 18.4 Å². The number of aliphatic hydroxyl groups is 1. The van der Waals surface area contributed by atoms with Crippen LogP contribution in [0, 0.1) is 0 Å². The molecule has 0 spiro atoms. The van der Waals surface area contributed by atoms with Crippen molar-refractivity contribution >= 4 is 5.97 Å². The minimum Gasteiger partial charge on any atom is -0.453 e. The predicted molar refractivity (Wildman–Crippen MR) is 77.1 cm³/mol. The van der Waals surface area contributed by atoms with Crippen LogP contribution in [0.15, 0.2) is 12.2 Å². The van der Waals surface area contributed by atoms with Gasteiger partial charge in [0.05, 0.1) is 6.10 Å². The Bertz CT molecular complexity index is 792. The standard InChI is InChI=1S/C15H10F18O3/c1-5(7(35)36-4-9(18,19)20)2-6(34)3-8(16,17)11(22,23)13(26,27)12(24,25)10(21,14(28,29)30)15(31,32)33/h6,34H,1-4H2. The molecule has 0 rings (SSSR count). The largest absolute Gasteiger partial charge is 0.453 e. The first kappa shape index (κ1) is 33.9. The Morgan fingerprint density at radius 1 is 0.694 bits per heavy atom. The highest BCUT2D eigenvalue weighted by atomic mass is 19.4. The number of esters is 1. The van der Waals surface area contributed by atoms with Gasteiger partial charge in [-0.15, -0.1) is 0 Å². The predicted octanol–water partition coefficient (Wildman–Crippen LogP) is 6.16. The van der Waals surface area contributed by atoms with Crippen LogP contribution in [-0.4, -0.2) is 71.7 Å². The maximum absolute atomic E-state index is 13.7. The van der Waals surface area contributed by atoms with Crippen molar-refractivity contribution in [2.24, 2.45) is 0 Å². The molecule has 0 aromatic rings. The quantitative estimate of drug-likeness (QED) is 0.191. The molecule has 36 heavy (non-hydrogen) atoms. The molecule has 0 saturated heterocycles. The second-order valence-electron chi connectivity index (χ2n) is 6.94. The zero-order chi connectivity index (χ0) is 29.6. The molecule has 0 fully saturated rings. The van der Waals surface area contributed by atoms with E-state index in [4.69, 9.17) is 0 Å². The Balaban J connectivity index is 6.08. The van der Waals surface area contributed by atoms with E-state index in [2.05, 4.69) is 11.3 Å². The van der Waals surface area contributed by atoms with E-state index in [0.29, 0.717) is 0 Å². The number of aliphatic hydroxyl groups excluding tert-OH is 1. The summed E-state index contributed by atoms with van der Waals surface area (Å²) in [7, 11) is 0. The number of ether oxygens (including phenoxy) is 1. The van der Waals surface area contributed by atoms with Crippen LogP contribution in [0.25, 0.3) is 0 Å². The summed E-state index contributed by atoms with van der Waals surface area (Å²) in [6, 6.07) is 0. The third-order valence-corrected chi connectivity index (χ3v) is 4.09. The average molecular weight is 580 g/mol. The van der Waals surface area contributed by atoms with Crippen LogP contribution in [0.1, 0.15) is 12.8 Å². The van der Waals surface area contributed by atoms with Gasteiger partial charge in [0.25, 0.3) is 0 Å². The van der Waals surface area contributed by atoms with Crippen LogP contribution in [0.4, 0.5) is 79.0 Å². The molecule has 1 unspecified atom stereocenters. The van der Waals surface area contributed by atoms with Gasteiger partial charge in [-0.2, -0.15) is 74.6 Å². The molecule has 0 aromatic carbocycles. The van der Waals surface area contributed by atoms with E-state index in [1.54, 1.807) is 0 Å². The van der Waals surface area contributed by atoms with E-state index in [1.807, 2.05) is 0 Å². The van der Waals surface area contributed by atoms with Gasteiger partial charge in [-0.25, -0.2) is 9.18 Å². The summed E-state index contributed by atoms with van der Waals surface area (Å²) < 4.78 is 236. The Morgan fingerprint density at radius 3 is 1.42 bits per heavy atom. The highest BCUT2D eigenvalue weighted by Gasteiger charge is 2.95. The first-order valence-corrected chi connectivity index (χ1v) is 8.34. The topological polar surface area (TPSA) is 46.5 Å². The van der Waals surface area contributed by atoms with Crippen molar-refractivity contribution in [3.05, 3.63) is 12.2 Å². The summed E-state index contributed by atoms with van der Waals surface area (Å²) in [5.41, 5.74) is -9.91. The van der Waals surface area contributed by atoms with Crippen molar-refractivity contribution in [3.8, 4) is 0 Å². The number of carbonyl (C=O) groups excluding carboxylic acids is 1. The van der Waals surface area contributed by atoms with Crippen LogP contribution < -0.4 is 0 Å². The van der Waals surface area contributed by atoms with Gasteiger partial charge in [-0.1, -0.05) is 6.58 Å². The lowest BCUT2D eigenvalue weighted by atomic mass is 9.84. The van der Waals surface area contributed by atoms with Gasteiger partial charge < -0.3 is 9.84 Å². The summed E-state index contributed by atoms with van der Waals surface area (Å²) in [4.78, 5) is 11.1. The first-order valence-electron chi connectivity index (χ1n) is 8.34. The number of hydrogen-bond donors (Lipinski definition) is 1. The van der Waals surface area contributed by atoms with Crippen LogP contribution in [0.3, 0.4) is 0 Å². The zero-order valence-corrected chi connectivity index (χ0v) is 16.5. The Hall–Kier alpha value is -2.09. The van der Waals surface area contributed by atoms with E-state index in [0.717, 1.165) is 0 Å². The number of rotatable bonds is 10. The summed E-state index contributed by atoms with van der Waals surface area (Å²) in [5, 5.41) is 9.21. The second kappa shape index (κ2) is 9.66. The smallest absolute Gasteiger partial charge is 0.438 e. The van der Waals surface area contributed by atoms with Crippen LogP contribution >= 0.6 is 0 Å². The molecule has 0 aliphatic carbocycles. The molecule has 0 bridgehead atoms. The molecule has 0 aliphatic rings. The van der Waals surface area contributed by atoms with Crippen molar-refractivity contribution < 1.29 is 93.7 Å². The molecule has 3 nitrogen and oxygen atoms in total. The SMILES string of the molecule is C=C(CC(O)CC(F)(F)C(F)(F)C(F)(F)C(F)(F)C(F)(C(F)(F)F)C(F)(F)F)C(=O)OCC(F)(F)F. The molecule has 1 atom stereocenters. The number of halogens is 18. The molecule has 0 aliphatic heterocycles. The Morgan fingerprint density at radius 2 is 1.08 bits per heavy atom. The summed E-state index contributed by atoms with van der Waals surface area (Å²) in [5.74, 6) is -34.0. The first-order chi connectivity index (χ1) is 15.4. The number of hydrogen-bond acceptors (Lipinski definition) is 3.